The van der Waals surface area contributed by atoms with Gasteiger partial charge in [-0.15, -0.1) is 0 Å². The van der Waals surface area contributed by atoms with Crippen molar-refractivity contribution in [3.8, 4) is 0 Å². The lowest BCUT2D eigenvalue weighted by Crippen LogP contribution is -2.39. The van der Waals surface area contributed by atoms with Crippen LogP contribution in [0.3, 0.4) is 0 Å². The summed E-state index contributed by atoms with van der Waals surface area (Å²) in [7, 11) is 3.19. The topological polar surface area (TPSA) is 56.0 Å². The molecule has 1 aromatic rings. The first-order chi connectivity index (χ1) is 8.33. The first kappa shape index (κ1) is 13.1. The Morgan fingerprint density at radius 2 is 1.94 bits per heavy atom. The maximum Gasteiger partial charge on any atom is 0.330 e. The number of nitrogens with one attached hydrogen (secondary N) is 1. The molecule has 0 spiro atoms. The molecule has 1 atom stereocenters. The van der Waals surface area contributed by atoms with Gasteiger partial charge in [0.15, 0.2) is 0 Å². The van der Waals surface area contributed by atoms with Crippen LogP contribution in [0.15, 0.2) is 15.7 Å². The van der Waals surface area contributed by atoms with E-state index in [4.69, 9.17) is 0 Å². The molecule has 18 heavy (non-hydrogen) atoms. The smallest absolute Gasteiger partial charge is 0.311 e. The van der Waals surface area contributed by atoms with E-state index in [0.717, 1.165) is 16.8 Å². The molecule has 0 aliphatic heterocycles. The zero-order valence-electron chi connectivity index (χ0n) is 11.5. The number of hydrogen-bond acceptors (Lipinski definition) is 3. The molecular weight excluding hydrogens is 230 g/mol. The highest BCUT2D eigenvalue weighted by atomic mass is 16.2. The van der Waals surface area contributed by atoms with Crippen molar-refractivity contribution >= 4 is 0 Å². The van der Waals surface area contributed by atoms with Crippen LogP contribution >= 0.6 is 0 Å². The molecule has 1 aliphatic rings. The zero-order valence-corrected chi connectivity index (χ0v) is 11.5. The summed E-state index contributed by atoms with van der Waals surface area (Å²) in [4.78, 5) is 23.3. The normalized spacial score (nSPS) is 21.0. The molecule has 1 fully saturated rings. The maximum absolute atomic E-state index is 11.7. The van der Waals surface area contributed by atoms with Crippen LogP contribution in [0.5, 0.6) is 0 Å². The second-order valence-electron chi connectivity index (χ2n) is 5.90. The fourth-order valence-electron chi connectivity index (χ4n) is 2.25. The van der Waals surface area contributed by atoms with Gasteiger partial charge in [-0.05, 0) is 24.3 Å². The zero-order chi connectivity index (χ0) is 13.5. The minimum atomic E-state index is -0.272. The lowest BCUT2D eigenvalue weighted by atomic mass is 10.1. The second kappa shape index (κ2) is 4.39. The van der Waals surface area contributed by atoms with Gasteiger partial charge >= 0.3 is 5.69 Å². The molecule has 1 aliphatic carbocycles. The third-order valence-electron chi connectivity index (χ3n) is 4.04. The lowest BCUT2D eigenvalue weighted by Gasteiger charge is -2.11. The Morgan fingerprint density at radius 1 is 1.33 bits per heavy atom. The van der Waals surface area contributed by atoms with Crippen LogP contribution in [-0.2, 0) is 20.6 Å². The van der Waals surface area contributed by atoms with Gasteiger partial charge in [0.2, 0.25) is 0 Å². The summed E-state index contributed by atoms with van der Waals surface area (Å²) in [5, 5.41) is 3.33. The van der Waals surface area contributed by atoms with Gasteiger partial charge in [-0.2, -0.15) is 0 Å². The van der Waals surface area contributed by atoms with Crippen molar-refractivity contribution < 1.29 is 0 Å². The van der Waals surface area contributed by atoms with E-state index in [1.807, 2.05) is 0 Å². The van der Waals surface area contributed by atoms with Crippen molar-refractivity contribution in [3.63, 3.8) is 0 Å². The van der Waals surface area contributed by atoms with Gasteiger partial charge in [0.05, 0.1) is 0 Å². The summed E-state index contributed by atoms with van der Waals surface area (Å²) >= 11 is 0. The van der Waals surface area contributed by atoms with E-state index < -0.39 is 0 Å². The molecule has 100 valence electrons. The number of aromatic nitrogens is 2. The van der Waals surface area contributed by atoms with Crippen molar-refractivity contribution in [1.82, 2.24) is 14.5 Å². The minimum absolute atomic E-state index is 0.248. The molecule has 1 unspecified atom stereocenters. The van der Waals surface area contributed by atoms with Gasteiger partial charge < -0.3 is 5.32 Å². The van der Waals surface area contributed by atoms with Crippen LogP contribution in [0.25, 0.3) is 0 Å². The average molecular weight is 251 g/mol. The van der Waals surface area contributed by atoms with Crippen molar-refractivity contribution in [2.24, 2.45) is 25.4 Å². The predicted molar refractivity (Wildman–Crippen MR) is 70.5 cm³/mol. The molecule has 0 bridgehead atoms. The second-order valence-corrected chi connectivity index (χ2v) is 5.90. The van der Waals surface area contributed by atoms with E-state index in [-0.39, 0.29) is 11.2 Å². The quantitative estimate of drug-likeness (QED) is 0.833. The van der Waals surface area contributed by atoms with Gasteiger partial charge in [-0.1, -0.05) is 13.8 Å². The van der Waals surface area contributed by atoms with Crippen LogP contribution < -0.4 is 16.6 Å². The number of hydrogen-bond donors (Lipinski definition) is 1. The summed E-state index contributed by atoms with van der Waals surface area (Å²) in [5.41, 5.74) is 0.667. The highest BCUT2D eigenvalue weighted by molar-refractivity contribution is 5.03. The Kier molecular flexibility index (Phi) is 3.19. The standard InChI is InChI=1S/C13H21N3O2/c1-13(2)6-9(13)7-14-8-10-5-11(17)16(4)12(18)15(10)3/h5,9,14H,6-8H2,1-4H3. The SMILES string of the molecule is Cn1c(CNCC2CC2(C)C)cc(=O)n(C)c1=O. The van der Waals surface area contributed by atoms with Gasteiger partial charge in [-0.3, -0.25) is 13.9 Å². The van der Waals surface area contributed by atoms with Gasteiger partial charge in [0, 0.05) is 32.4 Å². The van der Waals surface area contributed by atoms with E-state index in [0.29, 0.717) is 17.9 Å². The molecule has 0 amide bonds. The van der Waals surface area contributed by atoms with Crippen LogP contribution in [0.2, 0.25) is 0 Å². The summed E-state index contributed by atoms with van der Waals surface area (Å²) in [6.45, 7) is 6.02. The molecule has 1 N–H and O–H groups in total. The minimum Gasteiger partial charge on any atom is -0.311 e. The fourth-order valence-corrected chi connectivity index (χ4v) is 2.25. The van der Waals surface area contributed by atoms with Crippen LogP contribution in [-0.4, -0.2) is 15.7 Å². The van der Waals surface area contributed by atoms with Crippen LogP contribution in [0, 0.1) is 11.3 Å². The Hall–Kier alpha value is -1.36. The summed E-state index contributed by atoms with van der Waals surface area (Å²) < 4.78 is 2.64. The van der Waals surface area contributed by atoms with Crippen molar-refractivity contribution in [2.75, 3.05) is 6.54 Å². The fraction of sp³-hybridized carbons (Fsp3) is 0.692. The molecule has 0 radical (unpaired) electrons. The molecule has 2 rings (SSSR count). The van der Waals surface area contributed by atoms with E-state index in [9.17, 15) is 9.59 Å². The highest BCUT2D eigenvalue weighted by Crippen LogP contribution is 2.50. The first-order valence-corrected chi connectivity index (χ1v) is 6.29. The Labute approximate surface area is 106 Å². The van der Waals surface area contributed by atoms with Gasteiger partial charge in [0.25, 0.3) is 5.56 Å². The largest absolute Gasteiger partial charge is 0.330 e. The average Bonchev–Trinajstić information content (AvgIpc) is 2.91. The van der Waals surface area contributed by atoms with Gasteiger partial charge in [0.1, 0.15) is 0 Å². The molecular formula is C13H21N3O2. The van der Waals surface area contributed by atoms with Crippen molar-refractivity contribution in [3.05, 3.63) is 32.6 Å². The first-order valence-electron chi connectivity index (χ1n) is 6.29. The predicted octanol–water partition coefficient (Wildman–Crippen LogP) is 0.220. The third kappa shape index (κ3) is 2.41. The monoisotopic (exact) mass is 251 g/mol. The van der Waals surface area contributed by atoms with Crippen molar-refractivity contribution in [2.45, 2.75) is 26.8 Å². The third-order valence-corrected chi connectivity index (χ3v) is 4.04. The van der Waals surface area contributed by atoms with E-state index >= 15 is 0 Å². The summed E-state index contributed by atoms with van der Waals surface area (Å²) in [6, 6.07) is 1.52. The molecule has 5 heteroatoms. The molecule has 1 heterocycles. The molecule has 1 saturated carbocycles. The Bertz CT molecular complexity index is 569. The van der Waals surface area contributed by atoms with Crippen molar-refractivity contribution in [1.29, 1.82) is 0 Å². The number of nitrogens with zero attached hydrogens (tertiary/aromatic N) is 2. The Balaban J connectivity index is 2.02. The molecule has 0 saturated heterocycles. The van der Waals surface area contributed by atoms with Crippen LogP contribution in [0.4, 0.5) is 0 Å². The molecule has 0 aromatic carbocycles. The number of rotatable bonds is 4. The van der Waals surface area contributed by atoms with Crippen LogP contribution in [0.1, 0.15) is 26.0 Å². The van der Waals surface area contributed by atoms with E-state index in [1.165, 1.54) is 24.1 Å². The van der Waals surface area contributed by atoms with E-state index in [1.54, 1.807) is 7.05 Å². The van der Waals surface area contributed by atoms with Gasteiger partial charge in [-0.25, -0.2) is 4.79 Å². The lowest BCUT2D eigenvalue weighted by molar-refractivity contribution is 0.509. The highest BCUT2D eigenvalue weighted by Gasteiger charge is 2.44. The van der Waals surface area contributed by atoms with E-state index in [2.05, 4.69) is 19.2 Å². The molecule has 5 nitrogen and oxygen atoms in total. The maximum atomic E-state index is 11.7. The Morgan fingerprint density at radius 3 is 2.50 bits per heavy atom. The summed E-state index contributed by atoms with van der Waals surface area (Å²) in [6.07, 6.45) is 1.25. The summed E-state index contributed by atoms with van der Waals surface area (Å²) in [5.74, 6) is 0.709. The molecule has 1 aromatic heterocycles.